The molecule has 0 spiro atoms. The van der Waals surface area contributed by atoms with Crippen LogP contribution in [0.25, 0.3) is 0 Å². The zero-order valence-corrected chi connectivity index (χ0v) is 25.0. The first-order valence-electron chi connectivity index (χ1n) is 13.7. The van der Waals surface area contributed by atoms with Crippen LogP contribution < -0.4 is 10.6 Å². The quantitative estimate of drug-likeness (QED) is 0.364. The largest absolute Gasteiger partial charge is 0.444 e. The van der Waals surface area contributed by atoms with Gasteiger partial charge in [0.15, 0.2) is 0 Å². The van der Waals surface area contributed by atoms with Gasteiger partial charge in [-0.15, -0.1) is 0 Å². The van der Waals surface area contributed by atoms with Crippen LogP contribution in [0.2, 0.25) is 0 Å². The molecule has 0 fully saturated rings. The van der Waals surface area contributed by atoms with Crippen LogP contribution in [-0.4, -0.2) is 46.0 Å². The topological polar surface area (TPSA) is 87.7 Å². The van der Waals surface area contributed by atoms with Crippen LogP contribution in [0.15, 0.2) is 30.3 Å². The lowest BCUT2D eigenvalue weighted by molar-refractivity contribution is -0.146. The van der Waals surface area contributed by atoms with Gasteiger partial charge in [-0.05, 0) is 78.7 Å². The number of amides is 3. The molecule has 0 radical (unpaired) electrons. The zero-order chi connectivity index (χ0) is 28.6. The number of alkyl carbamates (subject to hydrolysis) is 1. The second-order valence-electron chi connectivity index (χ2n) is 12.6. The first kappa shape index (κ1) is 32.5. The molecule has 3 amide bonds. The van der Waals surface area contributed by atoms with Crippen LogP contribution in [0.5, 0.6) is 0 Å². The highest BCUT2D eigenvalue weighted by Crippen LogP contribution is 2.29. The fourth-order valence-corrected chi connectivity index (χ4v) is 4.10. The molecule has 1 rings (SSSR count). The molecule has 37 heavy (non-hydrogen) atoms. The Hall–Kier alpha value is -2.57. The number of rotatable bonds is 11. The fraction of sp³-hybridized carbons (Fsp3) is 0.700. The van der Waals surface area contributed by atoms with Crippen molar-refractivity contribution < 1.29 is 19.1 Å². The molecule has 2 N–H and O–H groups in total. The van der Waals surface area contributed by atoms with Gasteiger partial charge in [0.2, 0.25) is 11.8 Å². The Kier molecular flexibility index (Phi) is 12.1. The van der Waals surface area contributed by atoms with E-state index in [1.165, 1.54) is 0 Å². The summed E-state index contributed by atoms with van der Waals surface area (Å²) in [5.41, 5.74) is -0.448. The van der Waals surface area contributed by atoms with Crippen molar-refractivity contribution in [2.24, 2.45) is 11.8 Å². The molecule has 0 aliphatic carbocycles. The predicted octanol–water partition coefficient (Wildman–Crippen LogP) is 6.24. The molecule has 1 aromatic carbocycles. The van der Waals surface area contributed by atoms with Crippen LogP contribution in [0.3, 0.4) is 0 Å². The third-order valence-electron chi connectivity index (χ3n) is 6.18. The number of hydrogen-bond donors (Lipinski definition) is 2. The van der Waals surface area contributed by atoms with Gasteiger partial charge < -0.3 is 20.3 Å². The Balaban J connectivity index is 3.62. The van der Waals surface area contributed by atoms with Gasteiger partial charge in [0.05, 0.1) is 0 Å². The summed E-state index contributed by atoms with van der Waals surface area (Å²) >= 11 is 0. The third-order valence-corrected chi connectivity index (χ3v) is 6.18. The van der Waals surface area contributed by atoms with Crippen molar-refractivity contribution in [3.05, 3.63) is 35.9 Å². The Labute approximate surface area is 225 Å². The van der Waals surface area contributed by atoms with E-state index in [4.69, 9.17) is 4.74 Å². The molecule has 4 atom stereocenters. The summed E-state index contributed by atoms with van der Waals surface area (Å²) in [4.78, 5) is 42.7. The molecule has 7 nitrogen and oxygen atoms in total. The van der Waals surface area contributed by atoms with E-state index in [1.54, 1.807) is 25.7 Å². The summed E-state index contributed by atoms with van der Waals surface area (Å²) in [5.74, 6) is -0.247. The van der Waals surface area contributed by atoms with Gasteiger partial charge in [-0.2, -0.15) is 0 Å². The molecular formula is C30H51N3O4. The Morgan fingerprint density at radius 1 is 0.919 bits per heavy atom. The van der Waals surface area contributed by atoms with E-state index in [1.807, 2.05) is 71.9 Å². The van der Waals surface area contributed by atoms with Gasteiger partial charge in [-0.3, -0.25) is 9.59 Å². The summed E-state index contributed by atoms with van der Waals surface area (Å²) in [5, 5.41) is 5.92. The Morgan fingerprint density at radius 3 is 1.95 bits per heavy atom. The number of nitrogens with zero attached hydrogens (tertiary/aromatic N) is 1. The van der Waals surface area contributed by atoms with Crippen molar-refractivity contribution >= 4 is 17.9 Å². The van der Waals surface area contributed by atoms with Gasteiger partial charge in [0, 0.05) is 11.6 Å². The second kappa shape index (κ2) is 13.8. The first-order valence-corrected chi connectivity index (χ1v) is 13.7. The van der Waals surface area contributed by atoms with E-state index in [2.05, 4.69) is 24.5 Å². The lowest BCUT2D eigenvalue weighted by atomic mass is 9.93. The molecule has 4 unspecified atom stereocenters. The molecule has 0 aliphatic heterocycles. The maximum atomic E-state index is 14.4. The average molecular weight is 518 g/mol. The highest BCUT2D eigenvalue weighted by atomic mass is 16.6. The van der Waals surface area contributed by atoms with E-state index in [9.17, 15) is 14.4 Å². The van der Waals surface area contributed by atoms with Crippen LogP contribution in [-0.2, 0) is 14.3 Å². The molecule has 0 heterocycles. The monoisotopic (exact) mass is 517 g/mol. The van der Waals surface area contributed by atoms with Crippen LogP contribution in [0.1, 0.15) is 107 Å². The molecule has 0 saturated carbocycles. The summed E-state index contributed by atoms with van der Waals surface area (Å²) in [6, 6.07) is 7.47. The molecule has 7 heteroatoms. The van der Waals surface area contributed by atoms with Crippen molar-refractivity contribution in [3.63, 3.8) is 0 Å². The second-order valence-corrected chi connectivity index (χ2v) is 12.6. The molecule has 0 aliphatic rings. The van der Waals surface area contributed by atoms with Gasteiger partial charge >= 0.3 is 6.09 Å². The van der Waals surface area contributed by atoms with Crippen LogP contribution >= 0.6 is 0 Å². The molecule has 0 saturated heterocycles. The zero-order valence-electron chi connectivity index (χ0n) is 25.0. The summed E-state index contributed by atoms with van der Waals surface area (Å²) in [7, 11) is 0. The van der Waals surface area contributed by atoms with Gasteiger partial charge in [-0.25, -0.2) is 4.79 Å². The van der Waals surface area contributed by atoms with E-state index in [-0.39, 0.29) is 23.8 Å². The maximum Gasteiger partial charge on any atom is 0.408 e. The van der Waals surface area contributed by atoms with E-state index in [0.717, 1.165) is 18.4 Å². The number of hydrogen-bond acceptors (Lipinski definition) is 4. The van der Waals surface area contributed by atoms with Crippen molar-refractivity contribution in [2.75, 3.05) is 0 Å². The Morgan fingerprint density at radius 2 is 1.49 bits per heavy atom. The third kappa shape index (κ3) is 11.1. The normalized spacial score (nSPS) is 15.4. The first-order chi connectivity index (χ1) is 17.0. The minimum absolute atomic E-state index is 0.165. The van der Waals surface area contributed by atoms with Gasteiger partial charge in [0.25, 0.3) is 0 Å². The number of carbonyl (C=O) groups excluding carboxylic acids is 3. The Bertz CT molecular complexity index is 871. The summed E-state index contributed by atoms with van der Waals surface area (Å²) in [6.07, 6.45) is 1.66. The van der Waals surface area contributed by atoms with Crippen molar-refractivity contribution in [1.82, 2.24) is 15.5 Å². The van der Waals surface area contributed by atoms with Crippen molar-refractivity contribution in [2.45, 2.75) is 125 Å². The van der Waals surface area contributed by atoms with E-state index in [0.29, 0.717) is 12.3 Å². The van der Waals surface area contributed by atoms with Gasteiger partial charge in [0.1, 0.15) is 17.7 Å². The number of ether oxygens (including phenoxy) is 1. The van der Waals surface area contributed by atoms with Crippen LogP contribution in [0, 0.1) is 11.8 Å². The highest BCUT2D eigenvalue weighted by molar-refractivity contribution is 5.92. The predicted molar refractivity (Wildman–Crippen MR) is 150 cm³/mol. The molecule has 210 valence electrons. The van der Waals surface area contributed by atoms with Crippen molar-refractivity contribution in [3.8, 4) is 0 Å². The minimum atomic E-state index is -0.845. The van der Waals surface area contributed by atoms with E-state index < -0.39 is 29.3 Å². The highest BCUT2D eigenvalue weighted by Gasteiger charge is 2.41. The smallest absolute Gasteiger partial charge is 0.408 e. The van der Waals surface area contributed by atoms with Gasteiger partial charge in [-0.1, -0.05) is 64.4 Å². The molecule has 0 aromatic heterocycles. The van der Waals surface area contributed by atoms with E-state index >= 15 is 0 Å². The van der Waals surface area contributed by atoms with Crippen molar-refractivity contribution in [1.29, 1.82) is 0 Å². The standard InChI is InChI=1S/C30H51N3O4/c1-12-21(4)24(31-28(36)37-30(9,10)11)27(35)33(22(5)19-18-20(2)3)25(23-16-14-13-15-17-23)26(34)32-29(6,7)8/h13-17,20-22,24-25H,12,18-19H2,1-11H3,(H,31,36)(H,32,34). The average Bonchev–Trinajstić information content (AvgIpc) is 2.76. The summed E-state index contributed by atoms with van der Waals surface area (Å²) in [6.45, 7) is 21.3. The summed E-state index contributed by atoms with van der Waals surface area (Å²) < 4.78 is 5.49. The number of benzene rings is 1. The van der Waals surface area contributed by atoms with Crippen LogP contribution in [0.4, 0.5) is 4.79 Å². The number of carbonyl (C=O) groups is 3. The lowest BCUT2D eigenvalue weighted by Crippen LogP contribution is -2.58. The molecule has 1 aromatic rings. The SMILES string of the molecule is CCC(C)C(NC(=O)OC(C)(C)C)C(=O)N(C(C)CCC(C)C)C(C(=O)NC(C)(C)C)c1ccccc1. The number of nitrogens with one attached hydrogen (secondary N) is 2. The molecule has 0 bridgehead atoms. The minimum Gasteiger partial charge on any atom is -0.444 e. The molecular weight excluding hydrogens is 466 g/mol. The maximum absolute atomic E-state index is 14.4. The lowest BCUT2D eigenvalue weighted by Gasteiger charge is -2.40. The fourth-order valence-electron chi connectivity index (χ4n) is 4.10.